The Morgan fingerprint density at radius 1 is 1.16 bits per heavy atom. The number of carboxylic acids is 3. The van der Waals surface area contributed by atoms with E-state index in [4.69, 9.17) is 10.8 Å². The van der Waals surface area contributed by atoms with Crippen molar-refractivity contribution < 1.29 is 43.2 Å². The molecule has 0 aliphatic carbocycles. The first-order valence-electron chi connectivity index (χ1n) is 9.19. The number of quaternary nitrogens is 1. The number of likely N-dealkylation sites (N-methyl/N-ethyl adjacent to an activating group) is 1. The summed E-state index contributed by atoms with van der Waals surface area (Å²) in [5, 5.41) is 29.5. The summed E-state index contributed by atoms with van der Waals surface area (Å²) in [6.45, 7) is 0. The zero-order valence-corrected chi connectivity index (χ0v) is 18.2. The molecule has 0 aromatic carbocycles. The summed E-state index contributed by atoms with van der Waals surface area (Å²) in [6, 6.07) is -3.54. The van der Waals surface area contributed by atoms with Crippen LogP contribution >= 0.6 is 0 Å². The Hall–Kier alpha value is -2.84. The molecule has 1 rings (SSSR count). The van der Waals surface area contributed by atoms with E-state index in [1.807, 2.05) is 0 Å². The monoisotopic (exact) mass is 462 g/mol. The second-order valence-electron chi connectivity index (χ2n) is 7.84. The summed E-state index contributed by atoms with van der Waals surface area (Å²) < 4.78 is 12.7. The zero-order valence-electron chi connectivity index (χ0n) is 17.4. The van der Waals surface area contributed by atoms with Crippen molar-refractivity contribution in [2.45, 2.75) is 42.5 Å². The van der Waals surface area contributed by atoms with Crippen LogP contribution in [-0.4, -0.2) is 103 Å². The molecule has 0 radical (unpaired) electrons. The first-order chi connectivity index (χ1) is 14.2. The minimum absolute atomic E-state index is 0.0473. The molecule has 0 aliphatic heterocycles. The molecule has 0 bridgehead atoms. The van der Waals surface area contributed by atoms with Crippen molar-refractivity contribution in [2.75, 3.05) is 26.9 Å². The molecule has 14 heteroatoms. The van der Waals surface area contributed by atoms with Gasteiger partial charge >= 0.3 is 17.9 Å². The first kappa shape index (κ1) is 26.2. The van der Waals surface area contributed by atoms with Gasteiger partial charge in [0.15, 0.2) is 11.2 Å². The maximum Gasteiger partial charge on any atom is 0.362 e. The Morgan fingerprint density at radius 3 is 2.26 bits per heavy atom. The lowest BCUT2D eigenvalue weighted by molar-refractivity contribution is -0.887. The summed E-state index contributed by atoms with van der Waals surface area (Å²) in [4.78, 5) is 52.1. The molecule has 31 heavy (non-hydrogen) atoms. The molecule has 1 amide bonds. The standard InChI is InChI=1S/C17H27N5O8S/c1-22(2,3)12(16(28)29)6-9-7-19-17(20-9)31(30)8-11(15(26)27)21-13(23)5-4-10(18)14(24)25/h7,10-12H,4-6,8,18H2,1-3H3,(H4-,19,20,21,23,24,25,26,27,28,29)/p+1/t10-,11-,12-,31-/m0/s1. The van der Waals surface area contributed by atoms with Gasteiger partial charge in [-0.1, -0.05) is 0 Å². The Kier molecular flexibility index (Phi) is 9.27. The highest BCUT2D eigenvalue weighted by molar-refractivity contribution is 7.84. The van der Waals surface area contributed by atoms with Gasteiger partial charge in [-0.15, -0.1) is 0 Å². The van der Waals surface area contributed by atoms with Crippen molar-refractivity contribution in [3.63, 3.8) is 0 Å². The van der Waals surface area contributed by atoms with E-state index in [0.29, 0.717) is 5.69 Å². The third-order valence-electron chi connectivity index (χ3n) is 4.41. The number of carbonyl (C=O) groups excluding carboxylic acids is 1. The fraction of sp³-hybridized carbons (Fsp3) is 0.588. The second-order valence-corrected chi connectivity index (χ2v) is 9.25. The van der Waals surface area contributed by atoms with Gasteiger partial charge in [-0.3, -0.25) is 13.8 Å². The normalized spacial score (nSPS) is 15.5. The average molecular weight is 463 g/mol. The number of nitrogens with one attached hydrogen (secondary N) is 2. The van der Waals surface area contributed by atoms with E-state index in [1.165, 1.54) is 6.20 Å². The molecule has 0 aliphatic rings. The third kappa shape index (κ3) is 8.43. The van der Waals surface area contributed by atoms with Gasteiger partial charge in [-0.05, 0) is 6.42 Å². The van der Waals surface area contributed by atoms with Crippen molar-refractivity contribution >= 4 is 34.6 Å². The molecule has 0 fully saturated rings. The second kappa shape index (κ2) is 11.0. The van der Waals surface area contributed by atoms with Gasteiger partial charge in [0.2, 0.25) is 5.91 Å². The minimum atomic E-state index is -1.93. The largest absolute Gasteiger partial charge is 0.480 e. The highest BCUT2D eigenvalue weighted by atomic mass is 32.2. The van der Waals surface area contributed by atoms with Gasteiger partial charge < -0.3 is 35.8 Å². The molecule has 1 aromatic rings. The fourth-order valence-corrected chi connectivity index (χ4v) is 3.64. The minimum Gasteiger partial charge on any atom is -0.480 e. The van der Waals surface area contributed by atoms with E-state index in [-0.39, 0.29) is 28.9 Å². The molecule has 0 unspecified atom stereocenters. The lowest BCUT2D eigenvalue weighted by Crippen LogP contribution is -2.51. The maximum absolute atomic E-state index is 12.5. The number of nitrogens with zero attached hydrogens (tertiary/aromatic N) is 2. The smallest absolute Gasteiger partial charge is 0.362 e. The lowest BCUT2D eigenvalue weighted by Gasteiger charge is -2.30. The van der Waals surface area contributed by atoms with Crippen LogP contribution in [0.1, 0.15) is 18.5 Å². The van der Waals surface area contributed by atoms with Gasteiger partial charge in [0.05, 0.1) is 44.1 Å². The van der Waals surface area contributed by atoms with Crippen molar-refractivity contribution in [1.29, 1.82) is 0 Å². The summed E-state index contributed by atoms with van der Waals surface area (Å²) in [5.41, 5.74) is 5.72. The van der Waals surface area contributed by atoms with Crippen molar-refractivity contribution in [3.8, 4) is 0 Å². The van der Waals surface area contributed by atoms with E-state index in [9.17, 15) is 33.6 Å². The lowest BCUT2D eigenvalue weighted by atomic mass is 10.1. The highest BCUT2D eigenvalue weighted by Crippen LogP contribution is 2.12. The molecule has 13 nitrogen and oxygen atoms in total. The number of aromatic nitrogens is 2. The van der Waals surface area contributed by atoms with Gasteiger partial charge in [0.25, 0.3) is 0 Å². The van der Waals surface area contributed by atoms with Crippen LogP contribution in [0.2, 0.25) is 0 Å². The van der Waals surface area contributed by atoms with Crippen LogP contribution in [0.5, 0.6) is 0 Å². The van der Waals surface area contributed by atoms with Gasteiger partial charge in [-0.25, -0.2) is 14.6 Å². The Morgan fingerprint density at radius 2 is 1.77 bits per heavy atom. The molecule has 1 heterocycles. The van der Waals surface area contributed by atoms with Crippen LogP contribution in [0.25, 0.3) is 0 Å². The number of aromatic amines is 1. The van der Waals surface area contributed by atoms with Gasteiger partial charge in [0, 0.05) is 18.3 Å². The average Bonchev–Trinajstić information content (AvgIpc) is 3.11. The topological polar surface area (TPSA) is 213 Å². The Balaban J connectivity index is 2.77. The number of aliphatic carboxylic acids is 3. The van der Waals surface area contributed by atoms with Crippen LogP contribution in [0.3, 0.4) is 0 Å². The number of carboxylic acid groups (broad SMARTS) is 3. The molecule has 4 atom stereocenters. The molecule has 0 spiro atoms. The summed E-state index contributed by atoms with van der Waals surface area (Å²) in [7, 11) is 3.23. The number of rotatable bonds is 13. The molecule has 174 valence electrons. The predicted octanol–water partition coefficient (Wildman–Crippen LogP) is -2.02. The highest BCUT2D eigenvalue weighted by Gasteiger charge is 2.32. The summed E-state index contributed by atoms with van der Waals surface area (Å²) in [5.74, 6) is -4.95. The Labute approximate surface area is 180 Å². The van der Waals surface area contributed by atoms with Crippen LogP contribution in [0, 0.1) is 0 Å². The van der Waals surface area contributed by atoms with E-state index in [0.717, 1.165) is 0 Å². The van der Waals surface area contributed by atoms with Crippen LogP contribution in [0.15, 0.2) is 11.4 Å². The molecule has 0 saturated carbocycles. The quantitative estimate of drug-likeness (QED) is 0.177. The fourth-order valence-electron chi connectivity index (χ4n) is 2.54. The number of imidazole rings is 1. The van der Waals surface area contributed by atoms with E-state index in [1.54, 1.807) is 21.1 Å². The number of nitrogens with two attached hydrogens (primary N) is 1. The van der Waals surface area contributed by atoms with Crippen molar-refractivity contribution in [1.82, 2.24) is 15.3 Å². The number of carbonyl (C=O) groups is 4. The number of hydrogen-bond donors (Lipinski definition) is 6. The number of hydrogen-bond acceptors (Lipinski definition) is 7. The molecule has 7 N–H and O–H groups in total. The first-order valence-corrected chi connectivity index (χ1v) is 10.5. The number of amides is 1. The van der Waals surface area contributed by atoms with Crippen LogP contribution < -0.4 is 11.1 Å². The van der Waals surface area contributed by atoms with Gasteiger partial charge in [0.1, 0.15) is 12.1 Å². The van der Waals surface area contributed by atoms with Gasteiger partial charge in [-0.2, -0.15) is 0 Å². The van der Waals surface area contributed by atoms with E-state index in [2.05, 4.69) is 15.3 Å². The maximum atomic E-state index is 12.5. The summed E-state index contributed by atoms with van der Waals surface area (Å²) in [6.07, 6.45) is 0.929. The van der Waals surface area contributed by atoms with Crippen LogP contribution in [-0.2, 0) is 36.4 Å². The molecule has 1 aromatic heterocycles. The Bertz CT molecular complexity index is 850. The molecule has 0 saturated heterocycles. The van der Waals surface area contributed by atoms with Crippen LogP contribution in [0.4, 0.5) is 0 Å². The third-order valence-corrected chi connectivity index (χ3v) is 5.68. The zero-order chi connectivity index (χ0) is 23.9. The summed E-state index contributed by atoms with van der Waals surface area (Å²) >= 11 is 0. The SMILES string of the molecule is C[N+](C)(C)[C@@H](Cc1cnc([S@@](=O)C[C@H](NC(=O)CC[C@H](N)C(=O)O)C(=O)O)[nH]1)C(=O)O. The van der Waals surface area contributed by atoms with E-state index < -0.39 is 58.5 Å². The van der Waals surface area contributed by atoms with Crippen molar-refractivity contribution in [2.24, 2.45) is 5.73 Å². The molecular weight excluding hydrogens is 434 g/mol. The number of H-pyrrole nitrogens is 1. The van der Waals surface area contributed by atoms with Crippen molar-refractivity contribution in [3.05, 3.63) is 11.9 Å². The van der Waals surface area contributed by atoms with E-state index >= 15 is 0 Å². The molecular formula is C17H28N5O8S+. The predicted molar refractivity (Wildman–Crippen MR) is 107 cm³/mol.